The van der Waals surface area contributed by atoms with Crippen molar-refractivity contribution in [3.8, 4) is 0 Å². The molecule has 1 aromatic rings. The smallest absolute Gasteiger partial charge is 0.252 e. The normalized spacial score (nSPS) is 19.9. The highest BCUT2D eigenvalue weighted by molar-refractivity contribution is 7.09. The number of hydrogen-bond acceptors (Lipinski definition) is 3. The van der Waals surface area contributed by atoms with E-state index in [1.165, 1.54) is 4.88 Å². The lowest BCUT2D eigenvalue weighted by Gasteiger charge is -2.23. The largest absolute Gasteiger partial charge is 0.368 e. The van der Waals surface area contributed by atoms with Gasteiger partial charge in [0.2, 0.25) is 0 Å². The molecule has 0 aromatic carbocycles. The molecule has 1 atom stereocenters. The fraction of sp³-hybridized carbons (Fsp3) is 0.583. The average Bonchev–Trinajstić information content (AvgIpc) is 2.97. The van der Waals surface area contributed by atoms with Crippen molar-refractivity contribution in [1.82, 2.24) is 4.90 Å². The molecule has 1 aliphatic rings. The molecule has 16 heavy (non-hydrogen) atoms. The van der Waals surface area contributed by atoms with Crippen molar-refractivity contribution >= 4 is 17.2 Å². The van der Waals surface area contributed by atoms with Crippen LogP contribution in [0.4, 0.5) is 0 Å². The molecule has 1 amide bonds. The van der Waals surface area contributed by atoms with Gasteiger partial charge < -0.3 is 9.64 Å². The minimum atomic E-state index is -0.195. The fourth-order valence-corrected chi connectivity index (χ4v) is 2.63. The Balaban J connectivity index is 1.96. The van der Waals surface area contributed by atoms with Gasteiger partial charge in [-0.15, -0.1) is 11.3 Å². The van der Waals surface area contributed by atoms with E-state index in [1.54, 1.807) is 11.3 Å². The van der Waals surface area contributed by atoms with Crippen molar-refractivity contribution in [2.75, 3.05) is 13.2 Å². The summed E-state index contributed by atoms with van der Waals surface area (Å²) < 4.78 is 5.43. The van der Waals surface area contributed by atoms with E-state index < -0.39 is 0 Å². The van der Waals surface area contributed by atoms with Crippen LogP contribution in [-0.2, 0) is 16.1 Å². The van der Waals surface area contributed by atoms with Crippen molar-refractivity contribution in [1.29, 1.82) is 0 Å². The van der Waals surface area contributed by atoms with Crippen LogP contribution >= 0.6 is 11.3 Å². The molecular weight excluding hydrogens is 222 g/mol. The summed E-state index contributed by atoms with van der Waals surface area (Å²) in [5, 5.41) is 2.04. The zero-order valence-electron chi connectivity index (χ0n) is 9.52. The number of carbonyl (C=O) groups is 1. The molecule has 0 bridgehead atoms. The second-order valence-corrected chi connectivity index (χ2v) is 4.97. The highest BCUT2D eigenvalue weighted by Crippen LogP contribution is 2.17. The van der Waals surface area contributed by atoms with E-state index in [9.17, 15) is 4.79 Å². The summed E-state index contributed by atoms with van der Waals surface area (Å²) in [5.74, 6) is 0.147. The number of nitrogens with zero attached hydrogens (tertiary/aromatic N) is 1. The Labute approximate surface area is 100 Å². The molecule has 0 spiro atoms. The van der Waals surface area contributed by atoms with Crippen molar-refractivity contribution in [3.05, 3.63) is 22.4 Å². The molecule has 0 aliphatic carbocycles. The molecule has 1 saturated heterocycles. The third-order valence-electron chi connectivity index (χ3n) is 2.83. The molecule has 2 heterocycles. The highest BCUT2D eigenvalue weighted by Gasteiger charge is 2.27. The first-order valence-electron chi connectivity index (χ1n) is 5.74. The number of amides is 1. The zero-order valence-corrected chi connectivity index (χ0v) is 10.3. The summed E-state index contributed by atoms with van der Waals surface area (Å²) in [6, 6.07) is 4.08. The molecule has 1 fully saturated rings. The Hall–Kier alpha value is -0.870. The number of thiophene rings is 1. The zero-order chi connectivity index (χ0) is 11.4. The quantitative estimate of drug-likeness (QED) is 0.806. The standard InChI is InChI=1S/C12H17NO2S/c1-2-13(9-10-5-4-8-16-10)12(14)11-6-3-7-15-11/h4-5,8,11H,2-3,6-7,9H2,1H3. The topological polar surface area (TPSA) is 29.5 Å². The van der Waals surface area contributed by atoms with Crippen LogP contribution in [0.3, 0.4) is 0 Å². The lowest BCUT2D eigenvalue weighted by Crippen LogP contribution is -2.38. The lowest BCUT2D eigenvalue weighted by atomic mass is 10.2. The first-order chi connectivity index (χ1) is 7.81. The summed E-state index contributed by atoms with van der Waals surface area (Å²) in [7, 11) is 0. The highest BCUT2D eigenvalue weighted by atomic mass is 32.1. The maximum atomic E-state index is 12.1. The summed E-state index contributed by atoms with van der Waals surface area (Å²) in [6.07, 6.45) is 1.69. The molecular formula is C12H17NO2S. The summed E-state index contributed by atoms with van der Waals surface area (Å²) in [5.41, 5.74) is 0. The van der Waals surface area contributed by atoms with E-state index in [2.05, 4.69) is 6.07 Å². The Morgan fingerprint density at radius 2 is 2.56 bits per heavy atom. The molecule has 0 N–H and O–H groups in total. The van der Waals surface area contributed by atoms with Gasteiger partial charge in [0.05, 0.1) is 6.54 Å². The van der Waals surface area contributed by atoms with Crippen molar-refractivity contribution < 1.29 is 9.53 Å². The van der Waals surface area contributed by atoms with Gasteiger partial charge in [0.1, 0.15) is 6.10 Å². The molecule has 1 aromatic heterocycles. The van der Waals surface area contributed by atoms with Crippen molar-refractivity contribution in [2.24, 2.45) is 0 Å². The van der Waals surface area contributed by atoms with Gasteiger partial charge in [-0.1, -0.05) is 6.07 Å². The molecule has 1 unspecified atom stereocenters. The fourth-order valence-electron chi connectivity index (χ4n) is 1.91. The predicted molar refractivity (Wildman–Crippen MR) is 64.4 cm³/mol. The van der Waals surface area contributed by atoms with Gasteiger partial charge in [-0.25, -0.2) is 0 Å². The van der Waals surface area contributed by atoms with Crippen LogP contribution in [0.15, 0.2) is 17.5 Å². The minimum Gasteiger partial charge on any atom is -0.368 e. The lowest BCUT2D eigenvalue weighted by molar-refractivity contribution is -0.141. The average molecular weight is 239 g/mol. The van der Waals surface area contributed by atoms with Gasteiger partial charge in [-0.2, -0.15) is 0 Å². The SMILES string of the molecule is CCN(Cc1cccs1)C(=O)C1CCCO1. The van der Waals surface area contributed by atoms with Crippen LogP contribution in [0.5, 0.6) is 0 Å². The van der Waals surface area contributed by atoms with Crippen molar-refractivity contribution in [3.63, 3.8) is 0 Å². The van der Waals surface area contributed by atoms with Crippen LogP contribution in [0, 0.1) is 0 Å². The van der Waals surface area contributed by atoms with Gasteiger partial charge >= 0.3 is 0 Å². The summed E-state index contributed by atoms with van der Waals surface area (Å²) in [6.45, 7) is 4.21. The molecule has 0 saturated carbocycles. The Morgan fingerprint density at radius 1 is 1.69 bits per heavy atom. The van der Waals surface area contributed by atoms with Crippen LogP contribution in [0.2, 0.25) is 0 Å². The van der Waals surface area contributed by atoms with Crippen LogP contribution in [-0.4, -0.2) is 30.1 Å². The van der Waals surface area contributed by atoms with E-state index in [1.807, 2.05) is 23.3 Å². The third kappa shape index (κ3) is 2.62. The number of ether oxygens (including phenoxy) is 1. The Kier molecular flexibility index (Phi) is 3.96. The second-order valence-electron chi connectivity index (χ2n) is 3.93. The maximum absolute atomic E-state index is 12.1. The van der Waals surface area contributed by atoms with Crippen molar-refractivity contribution in [2.45, 2.75) is 32.4 Å². The molecule has 2 rings (SSSR count). The molecule has 88 valence electrons. The predicted octanol–water partition coefficient (Wildman–Crippen LogP) is 2.28. The van der Waals surface area contributed by atoms with E-state index in [4.69, 9.17) is 4.74 Å². The summed E-state index contributed by atoms with van der Waals surface area (Å²) >= 11 is 1.69. The number of hydrogen-bond donors (Lipinski definition) is 0. The van der Waals surface area contributed by atoms with E-state index in [-0.39, 0.29) is 12.0 Å². The molecule has 0 radical (unpaired) electrons. The molecule has 3 nitrogen and oxygen atoms in total. The summed E-state index contributed by atoms with van der Waals surface area (Å²) in [4.78, 5) is 15.2. The van der Waals surface area contributed by atoms with Crippen LogP contribution in [0.1, 0.15) is 24.6 Å². The van der Waals surface area contributed by atoms with Crippen LogP contribution in [0.25, 0.3) is 0 Å². The molecule has 1 aliphatic heterocycles. The van der Waals surface area contributed by atoms with Crippen LogP contribution < -0.4 is 0 Å². The number of likely N-dealkylation sites (N-methyl/N-ethyl adjacent to an activating group) is 1. The number of carbonyl (C=O) groups excluding carboxylic acids is 1. The maximum Gasteiger partial charge on any atom is 0.252 e. The second kappa shape index (κ2) is 5.46. The first-order valence-corrected chi connectivity index (χ1v) is 6.62. The van der Waals surface area contributed by atoms with E-state index >= 15 is 0 Å². The third-order valence-corrected chi connectivity index (χ3v) is 3.69. The van der Waals surface area contributed by atoms with Gasteiger partial charge in [-0.05, 0) is 31.2 Å². The minimum absolute atomic E-state index is 0.147. The monoisotopic (exact) mass is 239 g/mol. The van der Waals surface area contributed by atoms with Gasteiger partial charge in [0.25, 0.3) is 5.91 Å². The van der Waals surface area contributed by atoms with Gasteiger partial charge in [0, 0.05) is 18.0 Å². The Morgan fingerprint density at radius 3 is 3.12 bits per heavy atom. The van der Waals surface area contributed by atoms with E-state index in [0.717, 1.165) is 26.0 Å². The first kappa shape index (κ1) is 11.6. The number of rotatable bonds is 4. The molecule has 4 heteroatoms. The van der Waals surface area contributed by atoms with E-state index in [0.29, 0.717) is 6.54 Å². The van der Waals surface area contributed by atoms with Gasteiger partial charge in [-0.3, -0.25) is 4.79 Å². The Bertz CT molecular complexity index is 331. The van der Waals surface area contributed by atoms with Gasteiger partial charge in [0.15, 0.2) is 0 Å².